The van der Waals surface area contributed by atoms with Gasteiger partial charge in [0.15, 0.2) is 0 Å². The summed E-state index contributed by atoms with van der Waals surface area (Å²) in [4.78, 5) is 0. The summed E-state index contributed by atoms with van der Waals surface area (Å²) in [6, 6.07) is 0. The Balaban J connectivity index is 2.73. The van der Waals surface area contributed by atoms with Crippen LogP contribution in [0.4, 0.5) is 0 Å². The largest absolute Gasteiger partial charge is 0.0888 e. The van der Waals surface area contributed by atoms with Crippen LogP contribution in [0.15, 0.2) is 12.2 Å². The molecule has 0 amide bonds. The molecular weight excluding hydrogens is 72.1 g/mol. The summed E-state index contributed by atoms with van der Waals surface area (Å²) in [5.41, 5.74) is 0. The Morgan fingerprint density at radius 2 is 2.17 bits per heavy atom. The van der Waals surface area contributed by atoms with Gasteiger partial charge in [-0.05, 0) is 19.8 Å². The second-order valence-corrected chi connectivity index (χ2v) is 1.12. The maximum Gasteiger partial charge on any atom is -0.0311 e. The van der Waals surface area contributed by atoms with Crippen molar-refractivity contribution < 1.29 is 0 Å². The monoisotopic (exact) mass is 82.1 g/mol. The van der Waals surface area contributed by atoms with Gasteiger partial charge in [0.2, 0.25) is 0 Å². The van der Waals surface area contributed by atoms with E-state index >= 15 is 0 Å². The molecule has 0 aromatic rings. The lowest BCUT2D eigenvalue weighted by Crippen LogP contribution is -1.51. The molecule has 34 valence electrons. The quantitative estimate of drug-likeness (QED) is 0.447. The van der Waals surface area contributed by atoms with E-state index < -0.39 is 0 Å². The van der Waals surface area contributed by atoms with Gasteiger partial charge in [-0.3, -0.25) is 0 Å². The highest BCUT2D eigenvalue weighted by Crippen LogP contribution is 1.80. The van der Waals surface area contributed by atoms with Crippen molar-refractivity contribution in [2.45, 2.75) is 19.8 Å². The Morgan fingerprint density at radius 1 is 1.50 bits per heavy atom. The molecule has 0 saturated heterocycles. The van der Waals surface area contributed by atoms with Crippen LogP contribution in [0.1, 0.15) is 19.8 Å². The van der Waals surface area contributed by atoms with E-state index in [1.165, 1.54) is 0 Å². The molecule has 0 fully saturated rings. The van der Waals surface area contributed by atoms with Crippen LogP contribution in [0.5, 0.6) is 0 Å². The lowest BCUT2D eigenvalue weighted by atomic mass is 10.4. The normalized spacial score (nSPS) is 10.3. The van der Waals surface area contributed by atoms with Gasteiger partial charge in [0.25, 0.3) is 0 Å². The van der Waals surface area contributed by atoms with Crippen molar-refractivity contribution in [3.63, 3.8) is 0 Å². The van der Waals surface area contributed by atoms with Gasteiger partial charge < -0.3 is 0 Å². The maximum absolute atomic E-state index is 5.13. The summed E-state index contributed by atoms with van der Waals surface area (Å²) in [5.74, 6) is 0. The summed E-state index contributed by atoms with van der Waals surface area (Å²) < 4.78 is 0. The molecule has 0 saturated carbocycles. The molecule has 0 unspecified atom stereocenters. The Labute approximate surface area is 39.9 Å². The molecule has 0 aliphatic heterocycles. The molecule has 0 atom stereocenters. The van der Waals surface area contributed by atoms with Crippen LogP contribution >= 0.6 is 0 Å². The van der Waals surface area contributed by atoms with Crippen LogP contribution in [0.25, 0.3) is 0 Å². The van der Waals surface area contributed by atoms with Gasteiger partial charge in [0.1, 0.15) is 0 Å². The van der Waals surface area contributed by atoms with Crippen molar-refractivity contribution in [1.82, 2.24) is 0 Å². The second-order valence-electron chi connectivity index (χ2n) is 1.12. The minimum Gasteiger partial charge on any atom is -0.0888 e. The van der Waals surface area contributed by atoms with Gasteiger partial charge in [-0.1, -0.05) is 19.1 Å². The SMILES string of the molecule is [CH]C/C=C/CC. The number of rotatable bonds is 2. The van der Waals surface area contributed by atoms with Crippen LogP contribution in [0, 0.1) is 6.92 Å². The molecule has 0 nitrogen and oxygen atoms in total. The van der Waals surface area contributed by atoms with Gasteiger partial charge in [-0.25, -0.2) is 0 Å². The van der Waals surface area contributed by atoms with Crippen molar-refractivity contribution in [2.24, 2.45) is 0 Å². The van der Waals surface area contributed by atoms with E-state index in [-0.39, 0.29) is 0 Å². The highest BCUT2D eigenvalue weighted by atomic mass is 13.7. The molecule has 0 heteroatoms. The van der Waals surface area contributed by atoms with Crippen LogP contribution < -0.4 is 0 Å². The lowest BCUT2D eigenvalue weighted by Gasteiger charge is -1.72. The molecular formula is C6H10. The number of hydrogen-bond acceptors (Lipinski definition) is 0. The van der Waals surface area contributed by atoms with E-state index in [0.717, 1.165) is 6.42 Å². The highest BCUT2D eigenvalue weighted by Gasteiger charge is 1.60. The predicted octanol–water partition coefficient (Wildman–Crippen LogP) is 2.05. The first kappa shape index (κ1) is 5.74. The summed E-state index contributed by atoms with van der Waals surface area (Å²) in [6.07, 6.45) is 5.78. The molecule has 0 N–H and O–H groups in total. The van der Waals surface area contributed by atoms with Crippen molar-refractivity contribution in [1.29, 1.82) is 0 Å². The van der Waals surface area contributed by atoms with E-state index in [1.807, 2.05) is 6.08 Å². The third kappa shape index (κ3) is 3.74. The van der Waals surface area contributed by atoms with Gasteiger partial charge in [0.05, 0.1) is 0 Å². The first-order chi connectivity index (χ1) is 2.91. The molecule has 0 spiro atoms. The van der Waals surface area contributed by atoms with Crippen molar-refractivity contribution in [2.75, 3.05) is 0 Å². The fourth-order valence-corrected chi connectivity index (χ4v) is 0.263. The number of hydrogen-bond donors (Lipinski definition) is 0. The third-order valence-electron chi connectivity index (χ3n) is 0.538. The van der Waals surface area contributed by atoms with E-state index in [9.17, 15) is 0 Å². The van der Waals surface area contributed by atoms with Gasteiger partial charge in [-0.15, -0.1) is 0 Å². The van der Waals surface area contributed by atoms with Crippen LogP contribution in [0.3, 0.4) is 0 Å². The zero-order chi connectivity index (χ0) is 4.83. The fourth-order valence-electron chi connectivity index (χ4n) is 0.263. The van der Waals surface area contributed by atoms with Crippen LogP contribution in [-0.2, 0) is 0 Å². The lowest BCUT2D eigenvalue weighted by molar-refractivity contribution is 1.20. The molecule has 0 aromatic carbocycles. The predicted molar refractivity (Wildman–Crippen MR) is 28.3 cm³/mol. The van der Waals surface area contributed by atoms with E-state index in [2.05, 4.69) is 13.0 Å². The molecule has 0 heterocycles. The van der Waals surface area contributed by atoms with E-state index in [4.69, 9.17) is 6.92 Å². The first-order valence-electron chi connectivity index (χ1n) is 2.27. The zero-order valence-corrected chi connectivity index (χ0v) is 4.15. The van der Waals surface area contributed by atoms with Gasteiger partial charge in [0, 0.05) is 0 Å². The van der Waals surface area contributed by atoms with Crippen molar-refractivity contribution in [3.05, 3.63) is 19.1 Å². The fraction of sp³-hybridized carbons (Fsp3) is 0.500. The maximum atomic E-state index is 5.13. The standard InChI is InChI=1S/C6H10/c1-3-5-6-4-2/h1,5-6H,3-4H2,2H3/b6-5+. The minimum absolute atomic E-state index is 0.674. The minimum atomic E-state index is 0.674. The molecule has 2 radical (unpaired) electrons. The highest BCUT2D eigenvalue weighted by molar-refractivity contribution is 4.80. The van der Waals surface area contributed by atoms with E-state index in [0.29, 0.717) is 6.42 Å². The van der Waals surface area contributed by atoms with Crippen molar-refractivity contribution >= 4 is 0 Å². The van der Waals surface area contributed by atoms with E-state index in [1.54, 1.807) is 0 Å². The second kappa shape index (κ2) is 4.74. The van der Waals surface area contributed by atoms with Gasteiger partial charge in [-0.2, -0.15) is 0 Å². The van der Waals surface area contributed by atoms with Gasteiger partial charge >= 0.3 is 0 Å². The molecule has 0 rings (SSSR count). The first-order valence-corrected chi connectivity index (χ1v) is 2.27. The molecule has 0 aliphatic rings. The molecule has 6 heavy (non-hydrogen) atoms. The Bertz CT molecular complexity index is 29.3. The average Bonchev–Trinajstić information content (AvgIpc) is 1.61. The molecule has 0 aromatic heterocycles. The van der Waals surface area contributed by atoms with Crippen LogP contribution in [-0.4, -0.2) is 0 Å². The molecule has 0 bridgehead atoms. The topological polar surface area (TPSA) is 0 Å². The Kier molecular flexibility index (Phi) is 4.53. The summed E-state index contributed by atoms with van der Waals surface area (Å²) >= 11 is 0. The summed E-state index contributed by atoms with van der Waals surface area (Å²) in [7, 11) is 0. The van der Waals surface area contributed by atoms with Crippen LogP contribution in [0.2, 0.25) is 0 Å². The smallest absolute Gasteiger partial charge is 0.0311 e. The third-order valence-corrected chi connectivity index (χ3v) is 0.538. The Morgan fingerprint density at radius 3 is 2.33 bits per heavy atom. The summed E-state index contributed by atoms with van der Waals surface area (Å²) in [6.45, 7) is 7.22. The Hall–Kier alpha value is -0.260. The summed E-state index contributed by atoms with van der Waals surface area (Å²) in [5, 5.41) is 0. The molecule has 0 aliphatic carbocycles. The zero-order valence-electron chi connectivity index (χ0n) is 4.15. The number of allylic oxidation sites excluding steroid dienone is 2. The average molecular weight is 82.1 g/mol. The van der Waals surface area contributed by atoms with Crippen molar-refractivity contribution in [3.8, 4) is 0 Å².